The van der Waals surface area contributed by atoms with Crippen LogP contribution in [0, 0.1) is 0 Å². The van der Waals surface area contributed by atoms with E-state index >= 15 is 0 Å². The number of unbranched alkanes of at least 4 members (excludes halogenated alkanes) is 4. The number of ether oxygens (including phenoxy) is 2. The molecule has 1 aromatic rings. The van der Waals surface area contributed by atoms with Gasteiger partial charge in [0.15, 0.2) is 11.5 Å². The summed E-state index contributed by atoms with van der Waals surface area (Å²) in [5, 5.41) is 0.676. The van der Waals surface area contributed by atoms with Gasteiger partial charge in [-0.25, -0.2) is 0 Å². The fraction of sp³-hybridized carbons (Fsp3) is 0.625. The van der Waals surface area contributed by atoms with E-state index in [1.54, 1.807) is 0 Å². The van der Waals surface area contributed by atoms with Crippen molar-refractivity contribution in [2.24, 2.45) is 5.73 Å². The number of hydrogen-bond donors (Lipinski definition) is 1. The predicted octanol–water partition coefficient (Wildman–Crippen LogP) is 4.47. The van der Waals surface area contributed by atoms with E-state index in [0.717, 1.165) is 29.9 Å². The van der Waals surface area contributed by atoms with Crippen molar-refractivity contribution >= 4 is 11.6 Å². The Balaban J connectivity index is 1.93. The van der Waals surface area contributed by atoms with Crippen LogP contribution in [0.4, 0.5) is 0 Å². The molecular weight excluding hydrogens is 274 g/mol. The van der Waals surface area contributed by atoms with Crippen LogP contribution in [0.2, 0.25) is 5.02 Å². The average Bonchev–Trinajstić information content (AvgIpc) is 2.46. The lowest BCUT2D eigenvalue weighted by Crippen LogP contribution is -2.17. The molecule has 0 bridgehead atoms. The number of benzene rings is 1. The van der Waals surface area contributed by atoms with E-state index < -0.39 is 0 Å². The molecule has 1 atom stereocenters. The van der Waals surface area contributed by atoms with Crippen LogP contribution in [-0.4, -0.2) is 13.2 Å². The van der Waals surface area contributed by atoms with Crippen LogP contribution >= 0.6 is 11.6 Å². The maximum atomic E-state index is 6.30. The molecule has 1 aliphatic heterocycles. The number of rotatable bonds is 7. The smallest absolute Gasteiger partial charge is 0.162 e. The van der Waals surface area contributed by atoms with E-state index in [1.165, 1.54) is 25.7 Å². The summed E-state index contributed by atoms with van der Waals surface area (Å²) in [5.41, 5.74) is 7.23. The van der Waals surface area contributed by atoms with Gasteiger partial charge < -0.3 is 15.2 Å². The van der Waals surface area contributed by atoms with Gasteiger partial charge >= 0.3 is 0 Å². The molecule has 3 nitrogen and oxygen atoms in total. The molecule has 1 aromatic carbocycles. The van der Waals surface area contributed by atoms with Gasteiger partial charge in [0.1, 0.15) is 13.2 Å². The first-order valence-electron chi connectivity index (χ1n) is 7.57. The SMILES string of the molecule is CCCCCCCC(N)c1cc2c(cc1Cl)OCCO2. The van der Waals surface area contributed by atoms with Gasteiger partial charge in [0.25, 0.3) is 0 Å². The molecule has 0 radical (unpaired) electrons. The van der Waals surface area contributed by atoms with Crippen molar-refractivity contribution in [3.05, 3.63) is 22.7 Å². The Kier molecular flexibility index (Phi) is 5.99. The Morgan fingerprint density at radius 3 is 2.45 bits per heavy atom. The van der Waals surface area contributed by atoms with Gasteiger partial charge in [-0.2, -0.15) is 0 Å². The molecule has 2 rings (SSSR count). The maximum absolute atomic E-state index is 6.30. The number of nitrogens with two attached hydrogens (primary N) is 1. The number of hydrogen-bond acceptors (Lipinski definition) is 3. The van der Waals surface area contributed by atoms with E-state index in [-0.39, 0.29) is 6.04 Å². The normalized spacial score (nSPS) is 15.2. The molecule has 20 heavy (non-hydrogen) atoms. The molecule has 0 saturated carbocycles. The van der Waals surface area contributed by atoms with Crippen molar-refractivity contribution in [2.75, 3.05) is 13.2 Å². The zero-order valence-corrected chi connectivity index (χ0v) is 12.9. The maximum Gasteiger partial charge on any atom is 0.162 e. The fourth-order valence-corrected chi connectivity index (χ4v) is 2.78. The molecule has 0 spiro atoms. The molecule has 1 heterocycles. The monoisotopic (exact) mass is 297 g/mol. The van der Waals surface area contributed by atoms with Gasteiger partial charge in [0, 0.05) is 17.1 Å². The van der Waals surface area contributed by atoms with Crippen molar-refractivity contribution in [1.29, 1.82) is 0 Å². The van der Waals surface area contributed by atoms with Crippen LogP contribution in [0.25, 0.3) is 0 Å². The number of halogens is 1. The van der Waals surface area contributed by atoms with Crippen molar-refractivity contribution in [1.82, 2.24) is 0 Å². The zero-order valence-electron chi connectivity index (χ0n) is 12.2. The highest BCUT2D eigenvalue weighted by Gasteiger charge is 2.18. The van der Waals surface area contributed by atoms with Crippen LogP contribution in [-0.2, 0) is 0 Å². The Morgan fingerprint density at radius 1 is 1.10 bits per heavy atom. The Bertz CT molecular complexity index is 437. The molecule has 0 aliphatic carbocycles. The second-order valence-electron chi connectivity index (χ2n) is 5.33. The lowest BCUT2D eigenvalue weighted by Gasteiger charge is -2.21. The minimum absolute atomic E-state index is 0.0278. The Labute approximate surface area is 126 Å². The molecule has 1 aliphatic rings. The van der Waals surface area contributed by atoms with Gasteiger partial charge in [0.2, 0.25) is 0 Å². The Hall–Kier alpha value is -0.930. The topological polar surface area (TPSA) is 44.5 Å². The van der Waals surface area contributed by atoms with Crippen molar-refractivity contribution in [3.63, 3.8) is 0 Å². The van der Waals surface area contributed by atoms with Crippen LogP contribution in [0.3, 0.4) is 0 Å². The molecule has 4 heteroatoms. The third-order valence-corrected chi connectivity index (χ3v) is 4.01. The van der Waals surface area contributed by atoms with E-state index in [0.29, 0.717) is 18.2 Å². The third-order valence-electron chi connectivity index (χ3n) is 3.68. The molecule has 0 fully saturated rings. The molecule has 0 saturated heterocycles. The second-order valence-corrected chi connectivity index (χ2v) is 5.73. The minimum atomic E-state index is -0.0278. The number of fused-ring (bicyclic) bond motifs is 1. The Morgan fingerprint density at radius 2 is 1.75 bits per heavy atom. The van der Waals surface area contributed by atoms with Crippen LogP contribution in [0.1, 0.15) is 57.1 Å². The first-order valence-corrected chi connectivity index (χ1v) is 7.94. The van der Waals surface area contributed by atoms with Crippen LogP contribution in [0.5, 0.6) is 11.5 Å². The first-order chi connectivity index (χ1) is 9.72. The van der Waals surface area contributed by atoms with Crippen molar-refractivity contribution in [2.45, 2.75) is 51.5 Å². The van der Waals surface area contributed by atoms with Gasteiger partial charge in [-0.05, 0) is 18.1 Å². The van der Waals surface area contributed by atoms with Gasteiger partial charge in [-0.15, -0.1) is 0 Å². The van der Waals surface area contributed by atoms with Crippen LogP contribution < -0.4 is 15.2 Å². The second kappa shape index (κ2) is 7.75. The molecule has 112 valence electrons. The standard InChI is InChI=1S/C16H24ClNO2/c1-2-3-4-5-6-7-14(18)12-10-15-16(11-13(12)17)20-9-8-19-15/h10-11,14H,2-9,18H2,1H3. The van der Waals surface area contributed by atoms with E-state index in [2.05, 4.69) is 6.92 Å². The van der Waals surface area contributed by atoms with Gasteiger partial charge in [0.05, 0.1) is 0 Å². The predicted molar refractivity (Wildman–Crippen MR) is 82.7 cm³/mol. The summed E-state index contributed by atoms with van der Waals surface area (Å²) in [7, 11) is 0. The largest absolute Gasteiger partial charge is 0.486 e. The first kappa shape index (κ1) is 15.5. The molecule has 0 aromatic heterocycles. The molecular formula is C16H24ClNO2. The third kappa shape index (κ3) is 4.03. The highest BCUT2D eigenvalue weighted by molar-refractivity contribution is 6.31. The van der Waals surface area contributed by atoms with Crippen molar-refractivity contribution in [3.8, 4) is 11.5 Å². The molecule has 1 unspecified atom stereocenters. The summed E-state index contributed by atoms with van der Waals surface area (Å²) < 4.78 is 11.1. The minimum Gasteiger partial charge on any atom is -0.486 e. The summed E-state index contributed by atoms with van der Waals surface area (Å²) in [5.74, 6) is 1.48. The highest BCUT2D eigenvalue weighted by Crippen LogP contribution is 2.38. The summed E-state index contributed by atoms with van der Waals surface area (Å²) in [6, 6.07) is 3.73. The average molecular weight is 298 g/mol. The summed E-state index contributed by atoms with van der Waals surface area (Å²) in [4.78, 5) is 0. The summed E-state index contributed by atoms with van der Waals surface area (Å²) >= 11 is 6.30. The van der Waals surface area contributed by atoms with E-state index in [4.69, 9.17) is 26.8 Å². The zero-order chi connectivity index (χ0) is 14.4. The molecule has 0 amide bonds. The fourth-order valence-electron chi connectivity index (χ4n) is 2.49. The summed E-state index contributed by atoms with van der Waals surface area (Å²) in [6.45, 7) is 3.38. The highest BCUT2D eigenvalue weighted by atomic mass is 35.5. The lowest BCUT2D eigenvalue weighted by atomic mass is 10.00. The summed E-state index contributed by atoms with van der Waals surface area (Å²) in [6.07, 6.45) is 7.21. The van der Waals surface area contributed by atoms with Crippen LogP contribution in [0.15, 0.2) is 12.1 Å². The lowest BCUT2D eigenvalue weighted by molar-refractivity contribution is 0.171. The quantitative estimate of drug-likeness (QED) is 0.755. The van der Waals surface area contributed by atoms with E-state index in [9.17, 15) is 0 Å². The van der Waals surface area contributed by atoms with Crippen molar-refractivity contribution < 1.29 is 9.47 Å². The van der Waals surface area contributed by atoms with E-state index in [1.807, 2.05) is 12.1 Å². The van der Waals surface area contributed by atoms with Gasteiger partial charge in [-0.1, -0.05) is 50.6 Å². The molecule has 2 N–H and O–H groups in total. The van der Waals surface area contributed by atoms with Gasteiger partial charge in [-0.3, -0.25) is 0 Å².